The van der Waals surface area contributed by atoms with Crippen molar-refractivity contribution in [1.29, 1.82) is 0 Å². The Kier molecular flexibility index (Phi) is 2.41. The molecule has 5 heteroatoms. The van der Waals surface area contributed by atoms with Crippen molar-refractivity contribution in [2.24, 2.45) is 0 Å². The first-order valence-corrected chi connectivity index (χ1v) is 4.99. The molecule has 4 nitrogen and oxygen atoms in total. The quantitative estimate of drug-likeness (QED) is 0.834. The van der Waals surface area contributed by atoms with Gasteiger partial charge in [-0.25, -0.2) is 9.97 Å². The molecule has 0 unspecified atom stereocenters. The highest BCUT2D eigenvalue weighted by atomic mass is 32.1. The maximum atomic E-state index is 10.3. The Hall–Kier alpha value is -1.49. The molecule has 2 aromatic rings. The van der Waals surface area contributed by atoms with Crippen LogP contribution < -0.4 is 0 Å². The van der Waals surface area contributed by atoms with E-state index in [2.05, 4.69) is 9.97 Å². The minimum atomic E-state index is -0.794. The van der Waals surface area contributed by atoms with E-state index in [0.29, 0.717) is 6.42 Å². The van der Waals surface area contributed by atoms with Crippen LogP contribution in [0.1, 0.15) is 11.4 Å². The SMILES string of the molecule is O=C(O)CCc1nc2cccnc2s1. The number of fused-ring (bicyclic) bond motifs is 1. The highest BCUT2D eigenvalue weighted by molar-refractivity contribution is 7.18. The van der Waals surface area contributed by atoms with Gasteiger partial charge in [-0.3, -0.25) is 4.79 Å². The highest BCUT2D eigenvalue weighted by Crippen LogP contribution is 2.19. The molecule has 72 valence electrons. The van der Waals surface area contributed by atoms with Crippen LogP contribution in [0.2, 0.25) is 0 Å². The van der Waals surface area contributed by atoms with Gasteiger partial charge in [0.2, 0.25) is 0 Å². The van der Waals surface area contributed by atoms with Gasteiger partial charge >= 0.3 is 5.97 Å². The molecule has 14 heavy (non-hydrogen) atoms. The number of hydrogen-bond acceptors (Lipinski definition) is 4. The average Bonchev–Trinajstić information content (AvgIpc) is 2.57. The Labute approximate surface area is 84.2 Å². The van der Waals surface area contributed by atoms with Crippen molar-refractivity contribution in [2.75, 3.05) is 0 Å². The highest BCUT2D eigenvalue weighted by Gasteiger charge is 2.05. The summed E-state index contributed by atoms with van der Waals surface area (Å²) in [5.74, 6) is -0.794. The van der Waals surface area contributed by atoms with Gasteiger partial charge in [0.15, 0.2) is 0 Å². The van der Waals surface area contributed by atoms with Gasteiger partial charge in [0.05, 0.1) is 11.4 Å². The predicted octanol–water partition coefficient (Wildman–Crippen LogP) is 1.71. The molecule has 0 saturated heterocycles. The van der Waals surface area contributed by atoms with Crippen LogP contribution in [0.25, 0.3) is 10.3 Å². The molecular formula is C9H8N2O2S. The van der Waals surface area contributed by atoms with Gasteiger partial charge < -0.3 is 5.11 Å². The monoisotopic (exact) mass is 208 g/mol. The van der Waals surface area contributed by atoms with Crippen LogP contribution in [0.3, 0.4) is 0 Å². The molecule has 0 bridgehead atoms. The van der Waals surface area contributed by atoms with Gasteiger partial charge in [-0.2, -0.15) is 0 Å². The van der Waals surface area contributed by atoms with Gasteiger partial charge in [0, 0.05) is 12.6 Å². The number of pyridine rings is 1. The smallest absolute Gasteiger partial charge is 0.303 e. The van der Waals surface area contributed by atoms with E-state index in [1.165, 1.54) is 11.3 Å². The lowest BCUT2D eigenvalue weighted by Crippen LogP contribution is -1.96. The molecule has 0 aliphatic rings. The first kappa shape index (κ1) is 9.08. The van der Waals surface area contributed by atoms with E-state index in [4.69, 9.17) is 5.11 Å². The third-order valence-electron chi connectivity index (χ3n) is 1.76. The van der Waals surface area contributed by atoms with Crippen molar-refractivity contribution < 1.29 is 9.90 Å². The Morgan fingerprint density at radius 2 is 2.43 bits per heavy atom. The lowest BCUT2D eigenvalue weighted by Gasteiger charge is -1.88. The number of aliphatic carboxylic acids is 1. The summed E-state index contributed by atoms with van der Waals surface area (Å²) in [4.78, 5) is 19.6. The third-order valence-corrected chi connectivity index (χ3v) is 2.80. The number of carboxylic acid groups (broad SMARTS) is 1. The lowest BCUT2D eigenvalue weighted by molar-refractivity contribution is -0.136. The molecule has 2 heterocycles. The van der Waals surface area contributed by atoms with Crippen LogP contribution in [0.5, 0.6) is 0 Å². The molecule has 2 aromatic heterocycles. The summed E-state index contributed by atoms with van der Waals surface area (Å²) in [6.07, 6.45) is 2.32. The minimum Gasteiger partial charge on any atom is -0.481 e. The fraction of sp³-hybridized carbons (Fsp3) is 0.222. The summed E-state index contributed by atoms with van der Waals surface area (Å²) >= 11 is 1.45. The molecule has 0 aliphatic carbocycles. The largest absolute Gasteiger partial charge is 0.481 e. The summed E-state index contributed by atoms with van der Waals surface area (Å²) < 4.78 is 0. The second-order valence-corrected chi connectivity index (χ2v) is 3.89. The van der Waals surface area contributed by atoms with Crippen LogP contribution in [0.15, 0.2) is 18.3 Å². The molecule has 0 radical (unpaired) electrons. The number of aryl methyl sites for hydroxylation is 1. The summed E-state index contributed by atoms with van der Waals surface area (Å²) in [5, 5.41) is 9.35. The first-order chi connectivity index (χ1) is 6.75. The standard InChI is InChI=1S/C9H8N2O2S/c12-8(13)4-3-7-11-6-2-1-5-10-9(6)14-7/h1-2,5H,3-4H2,(H,12,13). The fourth-order valence-electron chi connectivity index (χ4n) is 1.14. The Morgan fingerprint density at radius 3 is 3.14 bits per heavy atom. The van der Waals surface area contributed by atoms with Crippen LogP contribution in [-0.2, 0) is 11.2 Å². The molecule has 0 spiro atoms. The molecule has 1 N–H and O–H groups in total. The predicted molar refractivity (Wildman–Crippen MR) is 53.4 cm³/mol. The van der Waals surface area contributed by atoms with Crippen LogP contribution >= 0.6 is 11.3 Å². The maximum absolute atomic E-state index is 10.3. The van der Waals surface area contributed by atoms with Crippen molar-refractivity contribution in [3.05, 3.63) is 23.3 Å². The summed E-state index contributed by atoms with van der Waals surface area (Å²) in [7, 11) is 0. The Morgan fingerprint density at radius 1 is 1.57 bits per heavy atom. The van der Waals surface area contributed by atoms with E-state index >= 15 is 0 Å². The van der Waals surface area contributed by atoms with E-state index in [9.17, 15) is 4.79 Å². The Balaban J connectivity index is 2.22. The third kappa shape index (κ3) is 1.88. The van der Waals surface area contributed by atoms with Crippen LogP contribution in [0.4, 0.5) is 0 Å². The van der Waals surface area contributed by atoms with Crippen LogP contribution in [0, 0.1) is 0 Å². The molecule has 0 aromatic carbocycles. The van der Waals surface area contributed by atoms with Crippen molar-refractivity contribution in [3.63, 3.8) is 0 Å². The topological polar surface area (TPSA) is 63.1 Å². The number of hydrogen-bond donors (Lipinski definition) is 1. The number of rotatable bonds is 3. The van der Waals surface area contributed by atoms with Crippen molar-refractivity contribution in [1.82, 2.24) is 9.97 Å². The first-order valence-electron chi connectivity index (χ1n) is 4.18. The summed E-state index contributed by atoms with van der Waals surface area (Å²) in [6, 6.07) is 3.70. The van der Waals surface area contributed by atoms with E-state index in [-0.39, 0.29) is 6.42 Å². The minimum absolute atomic E-state index is 0.125. The number of thiazole rings is 1. The van der Waals surface area contributed by atoms with E-state index in [0.717, 1.165) is 15.4 Å². The van der Waals surface area contributed by atoms with Gasteiger partial charge in [-0.05, 0) is 12.1 Å². The fourth-order valence-corrected chi connectivity index (χ4v) is 2.04. The molecule has 0 fully saturated rings. The average molecular weight is 208 g/mol. The van der Waals surface area contributed by atoms with Gasteiger partial charge in [0.1, 0.15) is 10.3 Å². The number of carboxylic acids is 1. The molecular weight excluding hydrogens is 200 g/mol. The number of nitrogens with zero attached hydrogens (tertiary/aromatic N) is 2. The second-order valence-electron chi connectivity index (χ2n) is 2.83. The normalized spacial score (nSPS) is 10.6. The van der Waals surface area contributed by atoms with Gasteiger partial charge in [0.25, 0.3) is 0 Å². The molecule has 2 rings (SSSR count). The van der Waals surface area contributed by atoms with Crippen molar-refractivity contribution in [2.45, 2.75) is 12.8 Å². The van der Waals surface area contributed by atoms with E-state index in [1.807, 2.05) is 12.1 Å². The second kappa shape index (κ2) is 3.71. The van der Waals surface area contributed by atoms with Gasteiger partial charge in [-0.15, -0.1) is 0 Å². The van der Waals surface area contributed by atoms with E-state index < -0.39 is 5.97 Å². The van der Waals surface area contributed by atoms with E-state index in [1.54, 1.807) is 6.20 Å². The number of carbonyl (C=O) groups is 1. The molecule has 0 atom stereocenters. The zero-order chi connectivity index (χ0) is 9.97. The summed E-state index contributed by atoms with van der Waals surface area (Å²) in [5.41, 5.74) is 0.845. The zero-order valence-corrected chi connectivity index (χ0v) is 8.12. The lowest BCUT2D eigenvalue weighted by atomic mass is 10.3. The number of aromatic nitrogens is 2. The summed E-state index contributed by atoms with van der Waals surface area (Å²) in [6.45, 7) is 0. The van der Waals surface area contributed by atoms with Crippen molar-refractivity contribution >= 4 is 27.7 Å². The molecule has 0 saturated carbocycles. The Bertz CT molecular complexity index is 434. The maximum Gasteiger partial charge on any atom is 0.303 e. The van der Waals surface area contributed by atoms with Gasteiger partial charge in [-0.1, -0.05) is 11.3 Å². The van der Waals surface area contributed by atoms with Crippen molar-refractivity contribution in [3.8, 4) is 0 Å². The molecule has 0 amide bonds. The zero-order valence-electron chi connectivity index (χ0n) is 7.30. The molecule has 0 aliphatic heterocycles. The van der Waals surface area contributed by atoms with Crippen LogP contribution in [-0.4, -0.2) is 21.0 Å².